The van der Waals surface area contributed by atoms with Crippen molar-refractivity contribution in [3.05, 3.63) is 142 Å². The van der Waals surface area contributed by atoms with Crippen molar-refractivity contribution >= 4 is 45.5 Å². The molecule has 318 valence electrons. The molecule has 4 aromatic carbocycles. The minimum Gasteiger partial charge on any atom is -0.481 e. The molecule has 3 amide bonds. The summed E-state index contributed by atoms with van der Waals surface area (Å²) in [5.74, 6) is -8.04. The molecular formula is C47H47F4N5O5. The molecule has 14 heteroatoms. The average Bonchev–Trinajstić information content (AvgIpc) is 3.73. The fourth-order valence-electron chi connectivity index (χ4n) is 8.90. The van der Waals surface area contributed by atoms with Gasteiger partial charge in [0, 0.05) is 87.4 Å². The summed E-state index contributed by atoms with van der Waals surface area (Å²) in [6.45, 7) is 12.3. The van der Waals surface area contributed by atoms with Crippen molar-refractivity contribution in [1.82, 2.24) is 25.1 Å². The van der Waals surface area contributed by atoms with E-state index in [4.69, 9.17) is 0 Å². The maximum Gasteiger partial charge on any atom is 0.314 e. The van der Waals surface area contributed by atoms with Gasteiger partial charge in [0.25, 0.3) is 11.8 Å². The monoisotopic (exact) mass is 837 g/mol. The number of aromatic amines is 2. The zero-order valence-corrected chi connectivity index (χ0v) is 34.6. The fraction of sp³-hybridized carbons (Fsp3) is 0.319. The number of amides is 3. The summed E-state index contributed by atoms with van der Waals surface area (Å²) in [6.07, 6.45) is 0. The fourth-order valence-corrected chi connectivity index (χ4v) is 8.90. The first kappa shape index (κ1) is 42.7. The van der Waals surface area contributed by atoms with Crippen LogP contribution < -0.4 is 5.32 Å². The first-order valence-corrected chi connectivity index (χ1v) is 20.0. The lowest BCUT2D eigenvalue weighted by atomic mass is 9.81. The largest absolute Gasteiger partial charge is 0.481 e. The van der Waals surface area contributed by atoms with Crippen LogP contribution in [-0.4, -0.2) is 80.8 Å². The van der Waals surface area contributed by atoms with Crippen LogP contribution in [-0.2, 0) is 20.4 Å². The van der Waals surface area contributed by atoms with E-state index in [0.717, 1.165) is 62.9 Å². The quantitative estimate of drug-likeness (QED) is 0.129. The third-order valence-electron chi connectivity index (χ3n) is 11.5. The standard InChI is InChI=1S/C25H27F2N3O2.C22H20F2N2O3/c1-14(2)28-23(31)17-12-30(24(32)15-9-10-18(26)19(27)11-15)13-25(3,4)21-16-7-5-6-8-20(16)29-22(17)21;1-22(2)11-26(20(27)12-7-8-15(23)16(24)9-12)10-14(21(28)29)19-18(22)13-5-3-4-6-17(13)25-19/h5-11,14,17,29H,12-13H2,1-4H3,(H,28,31);3-9,14,25H,10-11H2,1-2H3,(H,28,29). The second-order valence-corrected chi connectivity index (χ2v) is 17.4. The molecule has 61 heavy (non-hydrogen) atoms. The summed E-state index contributed by atoms with van der Waals surface area (Å²) in [7, 11) is 0. The van der Waals surface area contributed by atoms with Crippen molar-refractivity contribution in [2.75, 3.05) is 26.2 Å². The minimum absolute atomic E-state index is 0.0146. The Bertz CT molecular complexity index is 2700. The number of aromatic nitrogens is 2. The number of carboxylic acids is 1. The Morgan fingerprint density at radius 3 is 1.46 bits per heavy atom. The van der Waals surface area contributed by atoms with E-state index in [1.807, 2.05) is 90.1 Å². The van der Waals surface area contributed by atoms with Gasteiger partial charge in [-0.2, -0.15) is 0 Å². The number of nitrogens with one attached hydrogen (secondary N) is 3. The van der Waals surface area contributed by atoms with Gasteiger partial charge >= 0.3 is 5.97 Å². The van der Waals surface area contributed by atoms with E-state index in [1.54, 1.807) is 4.90 Å². The van der Waals surface area contributed by atoms with Crippen LogP contribution in [0.4, 0.5) is 17.6 Å². The molecule has 0 aliphatic carbocycles. The summed E-state index contributed by atoms with van der Waals surface area (Å²) < 4.78 is 54.1. The van der Waals surface area contributed by atoms with Crippen LogP contribution in [0.2, 0.25) is 0 Å². The number of rotatable bonds is 5. The van der Waals surface area contributed by atoms with Crippen LogP contribution in [0.3, 0.4) is 0 Å². The molecule has 2 aliphatic rings. The molecule has 0 saturated heterocycles. The lowest BCUT2D eigenvalue weighted by Crippen LogP contribution is -2.43. The lowest BCUT2D eigenvalue weighted by molar-refractivity contribution is -0.139. The van der Waals surface area contributed by atoms with Crippen molar-refractivity contribution < 1.29 is 41.8 Å². The van der Waals surface area contributed by atoms with E-state index >= 15 is 0 Å². The highest BCUT2D eigenvalue weighted by Crippen LogP contribution is 2.42. The minimum atomic E-state index is -1.11. The first-order valence-electron chi connectivity index (χ1n) is 20.0. The van der Waals surface area contributed by atoms with E-state index < -0.39 is 63.7 Å². The predicted molar refractivity (Wildman–Crippen MR) is 224 cm³/mol. The molecule has 0 radical (unpaired) electrons. The van der Waals surface area contributed by atoms with E-state index in [2.05, 4.69) is 15.3 Å². The Kier molecular flexibility index (Phi) is 11.3. The summed E-state index contributed by atoms with van der Waals surface area (Å²) in [4.78, 5) is 61.3. The van der Waals surface area contributed by atoms with Crippen molar-refractivity contribution in [3.63, 3.8) is 0 Å². The van der Waals surface area contributed by atoms with Crippen molar-refractivity contribution in [1.29, 1.82) is 0 Å². The number of benzene rings is 4. The Labute approximate surface area is 349 Å². The molecule has 2 atom stereocenters. The molecule has 0 fully saturated rings. The Morgan fingerprint density at radius 1 is 0.639 bits per heavy atom. The van der Waals surface area contributed by atoms with Gasteiger partial charge in [0.05, 0.1) is 5.92 Å². The van der Waals surface area contributed by atoms with Gasteiger partial charge in [0.15, 0.2) is 23.3 Å². The summed E-state index contributed by atoms with van der Waals surface area (Å²) >= 11 is 0. The molecule has 8 rings (SSSR count). The number of hydrogen-bond donors (Lipinski definition) is 4. The molecule has 2 aliphatic heterocycles. The number of aliphatic carboxylic acids is 1. The van der Waals surface area contributed by atoms with Gasteiger partial charge in [-0.15, -0.1) is 0 Å². The SMILES string of the molecule is CC(C)NC(=O)C1CN(C(=O)c2ccc(F)c(F)c2)CC(C)(C)c2c1[nH]c1ccccc21.CC1(C)CN(C(=O)c2ccc(F)c(F)c2)CC(C(=O)O)c2[nH]c3ccccc3c21. The molecule has 4 N–H and O–H groups in total. The van der Waals surface area contributed by atoms with E-state index in [1.165, 1.54) is 17.0 Å². The smallest absolute Gasteiger partial charge is 0.314 e. The molecule has 0 saturated carbocycles. The highest BCUT2D eigenvalue weighted by Gasteiger charge is 2.43. The first-order chi connectivity index (χ1) is 28.8. The van der Waals surface area contributed by atoms with Gasteiger partial charge in [-0.25, -0.2) is 17.6 Å². The number of carboxylic acid groups (broad SMARTS) is 1. The van der Waals surface area contributed by atoms with Gasteiger partial charge < -0.3 is 30.2 Å². The Balaban J connectivity index is 0.000000185. The van der Waals surface area contributed by atoms with E-state index in [0.29, 0.717) is 12.2 Å². The second kappa shape index (κ2) is 16.2. The maximum atomic E-state index is 13.8. The summed E-state index contributed by atoms with van der Waals surface area (Å²) in [5, 5.41) is 14.8. The van der Waals surface area contributed by atoms with Crippen molar-refractivity contribution in [2.24, 2.45) is 0 Å². The van der Waals surface area contributed by atoms with Crippen molar-refractivity contribution in [3.8, 4) is 0 Å². The number of nitrogens with zero attached hydrogens (tertiary/aromatic N) is 2. The number of carbonyl (C=O) groups is 4. The van der Waals surface area contributed by atoms with E-state index in [9.17, 15) is 41.8 Å². The van der Waals surface area contributed by atoms with Gasteiger partial charge in [0.2, 0.25) is 5.91 Å². The number of fused-ring (bicyclic) bond motifs is 6. The van der Waals surface area contributed by atoms with Gasteiger partial charge in [-0.05, 0) is 73.5 Å². The molecule has 2 unspecified atom stereocenters. The molecule has 2 aromatic heterocycles. The molecule has 0 bridgehead atoms. The third kappa shape index (κ3) is 8.23. The molecular weight excluding hydrogens is 791 g/mol. The van der Waals surface area contributed by atoms with Gasteiger partial charge in [-0.1, -0.05) is 64.1 Å². The maximum absolute atomic E-state index is 13.8. The van der Waals surface area contributed by atoms with Crippen LogP contribution in [0, 0.1) is 23.3 Å². The second-order valence-electron chi connectivity index (χ2n) is 17.4. The highest BCUT2D eigenvalue weighted by molar-refractivity contribution is 5.97. The van der Waals surface area contributed by atoms with E-state index in [-0.39, 0.29) is 42.7 Å². The van der Waals surface area contributed by atoms with Crippen LogP contribution in [0.15, 0.2) is 84.9 Å². The van der Waals surface area contributed by atoms with Gasteiger partial charge in [0.1, 0.15) is 5.92 Å². The number of H-pyrrole nitrogens is 2. The normalized spacial score (nSPS) is 18.1. The number of carbonyl (C=O) groups excluding carboxylic acids is 3. The Hall–Kier alpha value is -6.44. The number of hydrogen-bond acceptors (Lipinski definition) is 4. The van der Waals surface area contributed by atoms with Crippen LogP contribution >= 0.6 is 0 Å². The lowest BCUT2D eigenvalue weighted by Gasteiger charge is -2.31. The molecule has 6 aromatic rings. The zero-order valence-electron chi connectivity index (χ0n) is 34.6. The van der Waals surface area contributed by atoms with Gasteiger partial charge in [-0.3, -0.25) is 19.2 Å². The average molecular weight is 838 g/mol. The van der Waals surface area contributed by atoms with Crippen LogP contribution in [0.5, 0.6) is 0 Å². The topological polar surface area (TPSA) is 139 Å². The zero-order chi connectivity index (χ0) is 44.1. The highest BCUT2D eigenvalue weighted by atomic mass is 19.2. The molecule has 10 nitrogen and oxygen atoms in total. The number of halogens is 4. The third-order valence-corrected chi connectivity index (χ3v) is 11.5. The summed E-state index contributed by atoms with van der Waals surface area (Å²) in [6, 6.07) is 21.5. The van der Waals surface area contributed by atoms with Crippen LogP contribution in [0.25, 0.3) is 21.8 Å². The van der Waals surface area contributed by atoms with Crippen LogP contribution in [0.1, 0.15) is 96.6 Å². The summed E-state index contributed by atoms with van der Waals surface area (Å²) in [5.41, 5.74) is 3.99. The van der Waals surface area contributed by atoms with Crippen molar-refractivity contribution in [2.45, 2.75) is 70.3 Å². The molecule has 0 spiro atoms. The number of para-hydroxylation sites is 2. The predicted octanol–water partition coefficient (Wildman–Crippen LogP) is 8.54. The Morgan fingerprint density at radius 2 is 1.05 bits per heavy atom. The molecule has 4 heterocycles.